The fourth-order valence-electron chi connectivity index (χ4n) is 6.13. The van der Waals surface area contributed by atoms with E-state index >= 15 is 0 Å². The second-order valence-electron chi connectivity index (χ2n) is 9.93. The lowest BCUT2D eigenvalue weighted by molar-refractivity contribution is -0.224. The zero-order valence-electron chi connectivity index (χ0n) is 18.6. The van der Waals surface area contributed by atoms with Gasteiger partial charge in [0.15, 0.2) is 17.5 Å². The van der Waals surface area contributed by atoms with Crippen LogP contribution in [0.3, 0.4) is 0 Å². The third-order valence-electron chi connectivity index (χ3n) is 8.06. The Morgan fingerprint density at radius 2 is 1.34 bits per heavy atom. The van der Waals surface area contributed by atoms with Gasteiger partial charge in [0.25, 0.3) is 0 Å². The van der Waals surface area contributed by atoms with E-state index in [0.29, 0.717) is 67.8 Å². The molecular formula is C25H33F5O2. The molecule has 2 saturated carbocycles. The summed E-state index contributed by atoms with van der Waals surface area (Å²) in [6, 6.07) is 0.931. The largest absolute Gasteiger partial charge is 0.432 e. The predicted octanol–water partition coefficient (Wildman–Crippen LogP) is 7.65. The van der Waals surface area contributed by atoms with Crippen LogP contribution in [-0.2, 0) is 4.74 Å². The van der Waals surface area contributed by atoms with E-state index in [2.05, 4.69) is 11.7 Å². The van der Waals surface area contributed by atoms with Crippen LogP contribution in [0.5, 0.6) is 5.75 Å². The smallest absolute Gasteiger partial charge is 0.400 e. The zero-order chi connectivity index (χ0) is 22.9. The summed E-state index contributed by atoms with van der Waals surface area (Å²) in [5, 5.41) is 0. The highest BCUT2D eigenvalue weighted by molar-refractivity contribution is 5.25. The molecule has 0 aromatic heterocycles. The number of benzene rings is 1. The summed E-state index contributed by atoms with van der Waals surface area (Å²) in [6.45, 7) is 2.17. The number of ether oxygens (including phenoxy) is 2. The van der Waals surface area contributed by atoms with E-state index in [4.69, 9.17) is 4.74 Å². The van der Waals surface area contributed by atoms with Gasteiger partial charge in [-0.2, -0.15) is 8.78 Å². The van der Waals surface area contributed by atoms with Crippen molar-refractivity contribution in [1.82, 2.24) is 0 Å². The second-order valence-corrected chi connectivity index (χ2v) is 9.93. The molecule has 1 heterocycles. The Morgan fingerprint density at radius 3 is 1.88 bits per heavy atom. The summed E-state index contributed by atoms with van der Waals surface area (Å²) in [6.07, 6.45) is 7.31. The second kappa shape index (κ2) is 9.86. The van der Waals surface area contributed by atoms with Crippen molar-refractivity contribution in [2.45, 2.75) is 95.9 Å². The molecule has 1 aliphatic heterocycles. The number of halogens is 5. The molecule has 0 N–H and O–H groups in total. The molecule has 3 fully saturated rings. The number of hydrogen-bond donors (Lipinski definition) is 0. The van der Waals surface area contributed by atoms with Crippen molar-refractivity contribution < 1.29 is 31.4 Å². The molecule has 2 unspecified atom stereocenters. The van der Waals surface area contributed by atoms with Crippen LogP contribution < -0.4 is 4.74 Å². The van der Waals surface area contributed by atoms with Gasteiger partial charge < -0.3 is 9.47 Å². The lowest BCUT2D eigenvalue weighted by Gasteiger charge is -2.40. The third kappa shape index (κ3) is 5.23. The Bertz CT molecular complexity index is 747. The van der Waals surface area contributed by atoms with Crippen LogP contribution in [0, 0.1) is 41.1 Å². The van der Waals surface area contributed by atoms with Crippen LogP contribution >= 0.6 is 0 Å². The van der Waals surface area contributed by atoms with E-state index in [-0.39, 0.29) is 0 Å². The molecule has 0 bridgehead atoms. The maximum absolute atomic E-state index is 14.6. The average Bonchev–Trinajstić information content (AvgIpc) is 3.27. The van der Waals surface area contributed by atoms with E-state index in [1.165, 1.54) is 6.42 Å². The normalized spacial score (nSPS) is 33.9. The van der Waals surface area contributed by atoms with Gasteiger partial charge in [0.1, 0.15) is 5.75 Å². The molecule has 32 heavy (non-hydrogen) atoms. The van der Waals surface area contributed by atoms with Crippen LogP contribution in [0.4, 0.5) is 22.0 Å². The molecule has 7 heteroatoms. The molecule has 180 valence electrons. The summed E-state index contributed by atoms with van der Waals surface area (Å²) >= 11 is 0. The van der Waals surface area contributed by atoms with Crippen LogP contribution in [-0.4, -0.2) is 18.3 Å². The molecule has 2 atom stereocenters. The van der Waals surface area contributed by atoms with Crippen molar-refractivity contribution in [1.29, 1.82) is 0 Å². The van der Waals surface area contributed by atoms with E-state index in [1.807, 2.05) is 0 Å². The van der Waals surface area contributed by atoms with Gasteiger partial charge in [0.05, 0.1) is 18.1 Å². The van der Waals surface area contributed by atoms with Crippen LogP contribution in [0.1, 0.15) is 77.6 Å². The molecule has 2 aliphatic carbocycles. The van der Waals surface area contributed by atoms with Crippen LogP contribution in [0.15, 0.2) is 12.1 Å². The molecule has 0 spiro atoms. The Labute approximate surface area is 186 Å². The molecule has 4 rings (SSSR count). The Kier molecular flexibility index (Phi) is 7.33. The first-order valence-corrected chi connectivity index (χ1v) is 12.1. The van der Waals surface area contributed by atoms with Crippen molar-refractivity contribution in [2.24, 2.45) is 23.7 Å². The molecular weight excluding hydrogens is 427 g/mol. The van der Waals surface area contributed by atoms with Crippen molar-refractivity contribution in [3.8, 4) is 5.75 Å². The Hall–Kier alpha value is -1.37. The highest BCUT2D eigenvalue weighted by atomic mass is 19.3. The number of rotatable bonds is 6. The van der Waals surface area contributed by atoms with E-state index in [1.54, 1.807) is 0 Å². The topological polar surface area (TPSA) is 18.5 Å². The Morgan fingerprint density at radius 1 is 0.812 bits per heavy atom. The predicted molar refractivity (Wildman–Crippen MR) is 111 cm³/mol. The molecule has 1 aromatic rings. The van der Waals surface area contributed by atoms with Crippen molar-refractivity contribution in [3.05, 3.63) is 29.6 Å². The summed E-state index contributed by atoms with van der Waals surface area (Å²) < 4.78 is 79.8. The van der Waals surface area contributed by atoms with Gasteiger partial charge in [-0.25, -0.2) is 13.2 Å². The van der Waals surface area contributed by atoms with Crippen molar-refractivity contribution in [3.63, 3.8) is 0 Å². The van der Waals surface area contributed by atoms with Gasteiger partial charge in [-0.3, -0.25) is 0 Å². The zero-order valence-corrected chi connectivity index (χ0v) is 18.6. The lowest BCUT2D eigenvalue weighted by atomic mass is 9.68. The molecule has 3 aliphatic rings. The first kappa shape index (κ1) is 23.8. The maximum atomic E-state index is 14.6. The molecule has 2 nitrogen and oxygen atoms in total. The lowest BCUT2D eigenvalue weighted by Crippen LogP contribution is -2.38. The highest BCUT2D eigenvalue weighted by Crippen LogP contribution is 2.47. The van der Waals surface area contributed by atoms with Gasteiger partial charge in [-0.15, -0.1) is 0 Å². The minimum absolute atomic E-state index is 0.313. The van der Waals surface area contributed by atoms with Crippen LogP contribution in [0.2, 0.25) is 0 Å². The summed E-state index contributed by atoms with van der Waals surface area (Å²) in [5.41, 5.74) is 0. The molecule has 1 aromatic carbocycles. The van der Waals surface area contributed by atoms with E-state index < -0.39 is 35.2 Å². The average molecular weight is 461 g/mol. The van der Waals surface area contributed by atoms with Gasteiger partial charge in [-0.1, -0.05) is 6.92 Å². The summed E-state index contributed by atoms with van der Waals surface area (Å²) in [7, 11) is 0. The standard InChI is InChI=1S/C25H33F5O2/c1-2-19-11-12-23(31-19)17-5-3-15(4-6-17)16-7-9-18(10-8-16)25(29,30)32-20-13-21(26)24(28)22(27)14-20/h13-19,23H,2-12H2,1H3. The SMILES string of the molecule is CCC1CCC(C2CCC(C3CCC(C(F)(F)Oc4cc(F)c(F)c(F)c4)CC3)CC2)O1. The molecule has 0 radical (unpaired) electrons. The number of alkyl halides is 2. The van der Waals surface area contributed by atoms with Crippen molar-refractivity contribution in [2.75, 3.05) is 0 Å². The molecule has 0 amide bonds. The monoisotopic (exact) mass is 460 g/mol. The van der Waals surface area contributed by atoms with Crippen molar-refractivity contribution >= 4 is 0 Å². The minimum atomic E-state index is -3.55. The minimum Gasteiger partial charge on any atom is -0.432 e. The van der Waals surface area contributed by atoms with Crippen LogP contribution in [0.25, 0.3) is 0 Å². The van der Waals surface area contributed by atoms with Gasteiger partial charge >= 0.3 is 6.11 Å². The summed E-state index contributed by atoms with van der Waals surface area (Å²) in [5.74, 6) is -4.82. The van der Waals surface area contributed by atoms with E-state index in [0.717, 1.165) is 38.5 Å². The first-order valence-electron chi connectivity index (χ1n) is 12.1. The fourth-order valence-corrected chi connectivity index (χ4v) is 6.13. The highest BCUT2D eigenvalue weighted by Gasteiger charge is 2.45. The van der Waals surface area contributed by atoms with E-state index in [9.17, 15) is 22.0 Å². The van der Waals surface area contributed by atoms with Gasteiger partial charge in [0, 0.05) is 12.1 Å². The van der Waals surface area contributed by atoms with Gasteiger partial charge in [-0.05, 0) is 88.4 Å². The summed E-state index contributed by atoms with van der Waals surface area (Å²) in [4.78, 5) is 0. The quantitative estimate of drug-likeness (QED) is 0.321. The fraction of sp³-hybridized carbons (Fsp3) is 0.760. The first-order chi connectivity index (χ1) is 15.3. The van der Waals surface area contributed by atoms with Gasteiger partial charge in [0.2, 0.25) is 0 Å². The Balaban J connectivity index is 1.25. The number of hydrogen-bond acceptors (Lipinski definition) is 2. The molecule has 1 saturated heterocycles. The maximum Gasteiger partial charge on any atom is 0.400 e. The third-order valence-corrected chi connectivity index (χ3v) is 8.06.